The van der Waals surface area contributed by atoms with Crippen molar-refractivity contribution in [3.8, 4) is 0 Å². The van der Waals surface area contributed by atoms with Gasteiger partial charge in [-0.3, -0.25) is 9.59 Å². The van der Waals surface area contributed by atoms with Crippen molar-refractivity contribution in [1.29, 1.82) is 0 Å². The molecule has 2 rings (SSSR count). The van der Waals surface area contributed by atoms with E-state index in [1.165, 1.54) is 11.3 Å². The molecule has 1 aliphatic heterocycles. The Balaban J connectivity index is 1.66. The Morgan fingerprint density at radius 3 is 3.05 bits per heavy atom. The lowest BCUT2D eigenvalue weighted by Crippen LogP contribution is -2.37. The van der Waals surface area contributed by atoms with E-state index in [2.05, 4.69) is 5.32 Å². The maximum atomic E-state index is 12.0. The number of likely N-dealkylation sites (tertiary alicyclic amines) is 1. The van der Waals surface area contributed by atoms with E-state index in [9.17, 15) is 14.7 Å². The van der Waals surface area contributed by atoms with Crippen molar-refractivity contribution < 1.29 is 14.7 Å². The highest BCUT2D eigenvalue weighted by molar-refractivity contribution is 7.12. The molecule has 0 aliphatic carbocycles. The van der Waals surface area contributed by atoms with Crippen LogP contribution in [-0.4, -0.2) is 47.6 Å². The molecule has 2 heterocycles. The van der Waals surface area contributed by atoms with Crippen molar-refractivity contribution in [2.24, 2.45) is 0 Å². The van der Waals surface area contributed by atoms with Crippen molar-refractivity contribution >= 4 is 23.2 Å². The van der Waals surface area contributed by atoms with Crippen molar-refractivity contribution in [2.45, 2.75) is 31.7 Å². The van der Waals surface area contributed by atoms with Crippen LogP contribution in [0.5, 0.6) is 0 Å². The number of amides is 2. The lowest BCUT2D eigenvalue weighted by Gasteiger charge is -2.22. The monoisotopic (exact) mass is 296 g/mol. The Hall–Kier alpha value is -1.40. The highest BCUT2D eigenvalue weighted by atomic mass is 32.1. The molecule has 1 aromatic heterocycles. The van der Waals surface area contributed by atoms with Gasteiger partial charge in [0.1, 0.15) is 0 Å². The Morgan fingerprint density at radius 2 is 2.35 bits per heavy atom. The Labute approximate surface area is 122 Å². The molecule has 1 fully saturated rings. The lowest BCUT2D eigenvalue weighted by molar-refractivity contribution is -0.132. The fraction of sp³-hybridized carbons (Fsp3) is 0.571. The molecule has 1 aliphatic rings. The van der Waals surface area contributed by atoms with Gasteiger partial charge in [-0.25, -0.2) is 0 Å². The maximum Gasteiger partial charge on any atom is 0.261 e. The maximum absolute atomic E-state index is 12.0. The largest absolute Gasteiger partial charge is 0.394 e. The molecule has 1 atom stereocenters. The number of nitrogens with one attached hydrogen (secondary N) is 1. The Morgan fingerprint density at radius 1 is 1.50 bits per heavy atom. The van der Waals surface area contributed by atoms with Crippen LogP contribution >= 0.6 is 11.3 Å². The van der Waals surface area contributed by atoms with Gasteiger partial charge in [0.15, 0.2) is 0 Å². The Kier molecular flexibility index (Phi) is 5.55. The van der Waals surface area contributed by atoms with E-state index in [4.69, 9.17) is 0 Å². The highest BCUT2D eigenvalue weighted by Crippen LogP contribution is 2.18. The van der Waals surface area contributed by atoms with E-state index in [-0.39, 0.29) is 24.5 Å². The molecule has 1 saturated heterocycles. The summed E-state index contributed by atoms with van der Waals surface area (Å²) in [6.45, 7) is 1.28. The number of aliphatic hydroxyl groups is 1. The molecule has 1 aromatic rings. The number of hydrogen-bond acceptors (Lipinski definition) is 4. The molecule has 0 unspecified atom stereocenters. The predicted molar refractivity (Wildman–Crippen MR) is 77.7 cm³/mol. The fourth-order valence-electron chi connectivity index (χ4n) is 2.43. The van der Waals surface area contributed by atoms with Gasteiger partial charge in [-0.1, -0.05) is 6.07 Å². The molecule has 20 heavy (non-hydrogen) atoms. The van der Waals surface area contributed by atoms with E-state index in [1.54, 1.807) is 11.0 Å². The van der Waals surface area contributed by atoms with Crippen molar-refractivity contribution in [2.75, 3.05) is 19.7 Å². The second-order valence-electron chi connectivity index (χ2n) is 4.90. The van der Waals surface area contributed by atoms with Crippen molar-refractivity contribution in [3.05, 3.63) is 22.4 Å². The minimum Gasteiger partial charge on any atom is -0.394 e. The first kappa shape index (κ1) is 15.0. The van der Waals surface area contributed by atoms with Gasteiger partial charge < -0.3 is 15.3 Å². The average molecular weight is 296 g/mol. The standard InChI is InChI=1S/C14H20N2O3S/c17-10-11-4-2-8-16(11)13(18)6-1-7-15-14(19)12-5-3-9-20-12/h3,5,9,11,17H,1-2,4,6-8,10H2,(H,15,19)/t11-/m1/s1. The summed E-state index contributed by atoms with van der Waals surface area (Å²) >= 11 is 1.40. The van der Waals surface area contributed by atoms with Gasteiger partial charge in [-0.2, -0.15) is 0 Å². The molecular formula is C14H20N2O3S. The second-order valence-corrected chi connectivity index (χ2v) is 5.85. The van der Waals surface area contributed by atoms with Crippen LogP contribution in [0.25, 0.3) is 0 Å². The quantitative estimate of drug-likeness (QED) is 0.776. The first-order valence-electron chi connectivity index (χ1n) is 6.94. The van der Waals surface area contributed by atoms with Crippen LogP contribution in [0.4, 0.5) is 0 Å². The summed E-state index contributed by atoms with van der Waals surface area (Å²) in [6, 6.07) is 3.61. The van der Waals surface area contributed by atoms with Gasteiger partial charge >= 0.3 is 0 Å². The van der Waals surface area contributed by atoms with Crippen LogP contribution < -0.4 is 5.32 Å². The molecular weight excluding hydrogens is 276 g/mol. The first-order chi connectivity index (χ1) is 9.72. The third-order valence-electron chi connectivity index (χ3n) is 3.51. The Bertz CT molecular complexity index is 447. The molecule has 0 saturated carbocycles. The van der Waals surface area contributed by atoms with Gasteiger partial charge in [0.05, 0.1) is 17.5 Å². The SMILES string of the molecule is O=C(NCCCC(=O)N1CCC[C@@H]1CO)c1cccs1. The molecule has 0 bridgehead atoms. The number of thiophene rings is 1. The summed E-state index contributed by atoms with van der Waals surface area (Å²) < 4.78 is 0. The van der Waals surface area contributed by atoms with Gasteiger partial charge in [0, 0.05) is 19.5 Å². The lowest BCUT2D eigenvalue weighted by atomic mass is 10.2. The zero-order valence-corrected chi connectivity index (χ0v) is 12.2. The molecule has 2 N–H and O–H groups in total. The van der Waals surface area contributed by atoms with Crippen molar-refractivity contribution in [1.82, 2.24) is 10.2 Å². The number of nitrogens with zero attached hydrogens (tertiary/aromatic N) is 1. The number of carbonyl (C=O) groups excluding carboxylic acids is 2. The predicted octanol–water partition coefficient (Wildman–Crippen LogP) is 1.24. The molecule has 0 radical (unpaired) electrons. The van der Waals surface area contributed by atoms with Gasteiger partial charge in [-0.05, 0) is 30.7 Å². The molecule has 6 heteroatoms. The van der Waals surface area contributed by atoms with Crippen LogP contribution in [0, 0.1) is 0 Å². The second kappa shape index (κ2) is 7.40. The zero-order chi connectivity index (χ0) is 14.4. The van der Waals surface area contributed by atoms with Crippen LogP contribution in [0.2, 0.25) is 0 Å². The summed E-state index contributed by atoms with van der Waals surface area (Å²) in [5.74, 6) is -0.00576. The summed E-state index contributed by atoms with van der Waals surface area (Å²) in [5.41, 5.74) is 0. The third-order valence-corrected chi connectivity index (χ3v) is 4.37. The normalized spacial score (nSPS) is 18.2. The number of aliphatic hydroxyl groups excluding tert-OH is 1. The van der Waals surface area contributed by atoms with Crippen LogP contribution in [0.1, 0.15) is 35.4 Å². The summed E-state index contributed by atoms with van der Waals surface area (Å²) in [6.07, 6.45) is 2.90. The first-order valence-corrected chi connectivity index (χ1v) is 7.82. The van der Waals surface area contributed by atoms with Crippen molar-refractivity contribution in [3.63, 3.8) is 0 Å². The zero-order valence-electron chi connectivity index (χ0n) is 11.4. The number of rotatable bonds is 6. The molecule has 110 valence electrons. The molecule has 0 aromatic carbocycles. The van der Waals surface area contributed by atoms with Gasteiger partial charge in [-0.15, -0.1) is 11.3 Å². The van der Waals surface area contributed by atoms with Crippen LogP contribution in [0.3, 0.4) is 0 Å². The van der Waals surface area contributed by atoms with Crippen LogP contribution in [-0.2, 0) is 4.79 Å². The molecule has 5 nitrogen and oxygen atoms in total. The minimum absolute atomic E-state index is 0.0109. The van der Waals surface area contributed by atoms with E-state index in [0.717, 1.165) is 19.4 Å². The molecule has 0 spiro atoms. The van der Waals surface area contributed by atoms with E-state index in [0.29, 0.717) is 24.3 Å². The van der Waals surface area contributed by atoms with E-state index >= 15 is 0 Å². The third kappa shape index (κ3) is 3.80. The van der Waals surface area contributed by atoms with Crippen LogP contribution in [0.15, 0.2) is 17.5 Å². The number of hydrogen-bond donors (Lipinski definition) is 2. The van der Waals surface area contributed by atoms with Gasteiger partial charge in [0.25, 0.3) is 5.91 Å². The topological polar surface area (TPSA) is 69.6 Å². The number of carbonyl (C=O) groups is 2. The van der Waals surface area contributed by atoms with E-state index in [1.807, 2.05) is 11.4 Å². The van der Waals surface area contributed by atoms with Gasteiger partial charge in [0.2, 0.25) is 5.91 Å². The summed E-state index contributed by atoms with van der Waals surface area (Å²) in [4.78, 5) is 26.1. The smallest absolute Gasteiger partial charge is 0.261 e. The fourth-order valence-corrected chi connectivity index (χ4v) is 3.07. The summed E-state index contributed by atoms with van der Waals surface area (Å²) in [7, 11) is 0. The average Bonchev–Trinajstić information content (AvgIpc) is 3.12. The minimum atomic E-state index is -0.0816. The van der Waals surface area contributed by atoms with E-state index < -0.39 is 0 Å². The highest BCUT2D eigenvalue weighted by Gasteiger charge is 2.27. The summed E-state index contributed by atoms with van der Waals surface area (Å²) in [5, 5.41) is 13.9. The molecule has 2 amide bonds.